The molecule has 158 valence electrons. The molecule has 0 bridgehead atoms. The molecule has 0 saturated carbocycles. The molecule has 0 radical (unpaired) electrons. The summed E-state index contributed by atoms with van der Waals surface area (Å²) in [5.41, 5.74) is 1.74. The summed E-state index contributed by atoms with van der Waals surface area (Å²) in [6.07, 6.45) is -2.12. The standard InChI is InChI=1S/C20H31F3N4O/c1-15(2)27-10-8-18(9-11-27)26-19(24-3)25-12-16-4-6-17(7-5-16)13-28-14-20(21,22)23/h4-7,15,18H,8-14H2,1-3H3,(H2,24,25,26). The van der Waals surface area contributed by atoms with Crippen molar-refractivity contribution in [3.63, 3.8) is 0 Å². The van der Waals surface area contributed by atoms with Gasteiger partial charge in [-0.05, 0) is 37.8 Å². The Morgan fingerprint density at radius 1 is 1.18 bits per heavy atom. The van der Waals surface area contributed by atoms with Gasteiger partial charge in [0.2, 0.25) is 0 Å². The van der Waals surface area contributed by atoms with E-state index in [0.29, 0.717) is 24.2 Å². The number of hydrogen-bond acceptors (Lipinski definition) is 3. The maximum Gasteiger partial charge on any atom is 0.411 e. The van der Waals surface area contributed by atoms with E-state index >= 15 is 0 Å². The number of hydrogen-bond donors (Lipinski definition) is 2. The third-order valence-electron chi connectivity index (χ3n) is 4.84. The molecule has 0 aliphatic carbocycles. The second-order valence-corrected chi connectivity index (χ2v) is 7.40. The first-order valence-corrected chi connectivity index (χ1v) is 9.70. The van der Waals surface area contributed by atoms with E-state index in [0.717, 1.165) is 37.5 Å². The van der Waals surface area contributed by atoms with Crippen molar-refractivity contribution in [3.05, 3.63) is 35.4 Å². The van der Waals surface area contributed by atoms with Gasteiger partial charge in [0.1, 0.15) is 6.61 Å². The minimum atomic E-state index is -4.29. The number of rotatable bonds is 7. The van der Waals surface area contributed by atoms with Crippen molar-refractivity contribution in [2.45, 2.75) is 58.1 Å². The topological polar surface area (TPSA) is 48.9 Å². The number of alkyl halides is 3. The van der Waals surface area contributed by atoms with Crippen LogP contribution in [0.25, 0.3) is 0 Å². The summed E-state index contributed by atoms with van der Waals surface area (Å²) < 4.78 is 41.0. The maximum atomic E-state index is 12.1. The first kappa shape index (κ1) is 22.5. The van der Waals surface area contributed by atoms with Crippen LogP contribution < -0.4 is 10.6 Å². The molecule has 0 atom stereocenters. The lowest BCUT2D eigenvalue weighted by Crippen LogP contribution is -2.49. The molecule has 1 aliphatic rings. The van der Waals surface area contributed by atoms with E-state index in [9.17, 15) is 13.2 Å². The fourth-order valence-electron chi connectivity index (χ4n) is 3.17. The Labute approximate surface area is 165 Å². The van der Waals surface area contributed by atoms with E-state index in [4.69, 9.17) is 0 Å². The van der Waals surface area contributed by atoms with E-state index in [2.05, 4.69) is 39.1 Å². The van der Waals surface area contributed by atoms with Crippen LogP contribution in [0.15, 0.2) is 29.3 Å². The zero-order chi connectivity index (χ0) is 20.6. The third kappa shape index (κ3) is 8.06. The number of benzene rings is 1. The molecule has 1 aromatic carbocycles. The van der Waals surface area contributed by atoms with Crippen molar-refractivity contribution in [1.82, 2.24) is 15.5 Å². The largest absolute Gasteiger partial charge is 0.411 e. The maximum absolute atomic E-state index is 12.1. The minimum absolute atomic E-state index is 0.0501. The molecule has 1 aliphatic heterocycles. The lowest BCUT2D eigenvalue weighted by Gasteiger charge is -2.35. The van der Waals surface area contributed by atoms with Crippen LogP contribution in [0.4, 0.5) is 13.2 Å². The Morgan fingerprint density at radius 3 is 2.32 bits per heavy atom. The van der Waals surface area contributed by atoms with Crippen LogP contribution in [0.1, 0.15) is 37.8 Å². The van der Waals surface area contributed by atoms with Gasteiger partial charge in [0, 0.05) is 38.8 Å². The van der Waals surface area contributed by atoms with Gasteiger partial charge in [-0.2, -0.15) is 13.2 Å². The van der Waals surface area contributed by atoms with Gasteiger partial charge in [0.25, 0.3) is 0 Å². The molecule has 0 amide bonds. The van der Waals surface area contributed by atoms with Gasteiger partial charge in [-0.25, -0.2) is 0 Å². The monoisotopic (exact) mass is 400 g/mol. The second kappa shape index (κ2) is 10.7. The molecule has 2 N–H and O–H groups in total. The Morgan fingerprint density at radius 2 is 1.79 bits per heavy atom. The number of likely N-dealkylation sites (tertiary alicyclic amines) is 1. The molecule has 1 fully saturated rings. The number of aliphatic imine (C=N–C) groups is 1. The van der Waals surface area contributed by atoms with E-state index in [1.165, 1.54) is 0 Å². The fraction of sp³-hybridized carbons (Fsp3) is 0.650. The van der Waals surface area contributed by atoms with Gasteiger partial charge in [-0.3, -0.25) is 4.99 Å². The molecule has 8 heteroatoms. The summed E-state index contributed by atoms with van der Waals surface area (Å²) in [7, 11) is 1.75. The molecule has 1 heterocycles. The summed E-state index contributed by atoms with van der Waals surface area (Å²) in [6.45, 7) is 5.94. The lowest BCUT2D eigenvalue weighted by molar-refractivity contribution is -0.176. The molecule has 28 heavy (non-hydrogen) atoms. The average Bonchev–Trinajstić information content (AvgIpc) is 2.65. The van der Waals surface area contributed by atoms with Crippen molar-refractivity contribution in [2.75, 3.05) is 26.7 Å². The van der Waals surface area contributed by atoms with E-state index < -0.39 is 12.8 Å². The second-order valence-electron chi connectivity index (χ2n) is 7.40. The molecule has 5 nitrogen and oxygen atoms in total. The summed E-state index contributed by atoms with van der Waals surface area (Å²) in [6, 6.07) is 8.33. The van der Waals surface area contributed by atoms with Crippen LogP contribution in [-0.4, -0.2) is 55.9 Å². The predicted octanol–water partition coefficient (Wildman–Crippen LogP) is 3.30. The minimum Gasteiger partial charge on any atom is -0.367 e. The summed E-state index contributed by atoms with van der Waals surface area (Å²) in [5, 5.41) is 6.77. The number of guanidine groups is 1. The van der Waals surface area contributed by atoms with Crippen molar-refractivity contribution in [1.29, 1.82) is 0 Å². The van der Waals surface area contributed by atoms with Gasteiger partial charge in [-0.1, -0.05) is 24.3 Å². The molecular weight excluding hydrogens is 369 g/mol. The molecule has 2 rings (SSSR count). The normalized spacial score (nSPS) is 17.2. The quantitative estimate of drug-likeness (QED) is 0.545. The molecule has 0 unspecified atom stereocenters. The number of nitrogens with zero attached hydrogens (tertiary/aromatic N) is 2. The highest BCUT2D eigenvalue weighted by molar-refractivity contribution is 5.79. The van der Waals surface area contributed by atoms with Crippen LogP contribution in [0.2, 0.25) is 0 Å². The number of nitrogens with one attached hydrogen (secondary N) is 2. The van der Waals surface area contributed by atoms with Crippen LogP contribution in [-0.2, 0) is 17.9 Å². The lowest BCUT2D eigenvalue weighted by atomic mass is 10.0. The van der Waals surface area contributed by atoms with E-state index in [-0.39, 0.29) is 6.61 Å². The Bertz CT molecular complexity index is 609. The van der Waals surface area contributed by atoms with Gasteiger partial charge >= 0.3 is 6.18 Å². The van der Waals surface area contributed by atoms with Crippen LogP contribution in [0.5, 0.6) is 0 Å². The van der Waals surface area contributed by atoms with Gasteiger partial charge in [-0.15, -0.1) is 0 Å². The SMILES string of the molecule is CN=C(NCc1ccc(COCC(F)(F)F)cc1)NC1CCN(C(C)C)CC1. The average molecular weight is 400 g/mol. The third-order valence-corrected chi connectivity index (χ3v) is 4.84. The van der Waals surface area contributed by atoms with E-state index in [1.54, 1.807) is 19.2 Å². The molecule has 1 saturated heterocycles. The Kier molecular flexibility index (Phi) is 8.57. The first-order valence-electron chi connectivity index (χ1n) is 9.70. The highest BCUT2D eigenvalue weighted by Gasteiger charge is 2.27. The smallest absolute Gasteiger partial charge is 0.367 e. The van der Waals surface area contributed by atoms with Crippen molar-refractivity contribution in [2.24, 2.45) is 4.99 Å². The summed E-state index contributed by atoms with van der Waals surface area (Å²) in [4.78, 5) is 6.77. The van der Waals surface area contributed by atoms with Crippen LogP contribution in [0, 0.1) is 0 Å². The Hall–Kier alpha value is -1.80. The first-order chi connectivity index (χ1) is 13.3. The zero-order valence-corrected chi connectivity index (χ0v) is 16.9. The predicted molar refractivity (Wildman–Crippen MR) is 105 cm³/mol. The van der Waals surface area contributed by atoms with Crippen molar-refractivity contribution < 1.29 is 17.9 Å². The number of halogens is 3. The fourth-order valence-corrected chi connectivity index (χ4v) is 3.17. The molecule has 1 aromatic rings. The summed E-state index contributed by atoms with van der Waals surface area (Å²) >= 11 is 0. The van der Waals surface area contributed by atoms with Crippen molar-refractivity contribution >= 4 is 5.96 Å². The van der Waals surface area contributed by atoms with Crippen LogP contribution in [0.3, 0.4) is 0 Å². The zero-order valence-electron chi connectivity index (χ0n) is 16.9. The Balaban J connectivity index is 1.73. The van der Waals surface area contributed by atoms with Gasteiger partial charge in [0.05, 0.1) is 6.61 Å². The number of ether oxygens (including phenoxy) is 1. The van der Waals surface area contributed by atoms with Crippen molar-refractivity contribution in [3.8, 4) is 0 Å². The van der Waals surface area contributed by atoms with Crippen LogP contribution >= 0.6 is 0 Å². The molecule has 0 aromatic heterocycles. The highest BCUT2D eigenvalue weighted by Crippen LogP contribution is 2.16. The molecule has 0 spiro atoms. The van der Waals surface area contributed by atoms with Gasteiger partial charge in [0.15, 0.2) is 5.96 Å². The summed E-state index contributed by atoms with van der Waals surface area (Å²) in [5.74, 6) is 0.764. The van der Waals surface area contributed by atoms with E-state index in [1.807, 2.05) is 12.1 Å². The highest BCUT2D eigenvalue weighted by atomic mass is 19.4. The number of piperidine rings is 1. The molecular formula is C20H31F3N4O. The van der Waals surface area contributed by atoms with Gasteiger partial charge < -0.3 is 20.3 Å².